The van der Waals surface area contributed by atoms with E-state index in [9.17, 15) is 9.18 Å². The van der Waals surface area contributed by atoms with Crippen LogP contribution in [-0.2, 0) is 0 Å². The third kappa shape index (κ3) is 2.67. The quantitative estimate of drug-likeness (QED) is 0.909. The molecule has 1 aromatic carbocycles. The molecule has 118 valence electrons. The molecule has 0 saturated carbocycles. The molecule has 23 heavy (non-hydrogen) atoms. The predicted octanol–water partition coefficient (Wildman–Crippen LogP) is 4.05. The van der Waals surface area contributed by atoms with Crippen molar-refractivity contribution in [2.75, 3.05) is 5.32 Å². The van der Waals surface area contributed by atoms with Crippen LogP contribution in [0.15, 0.2) is 42.7 Å². The maximum absolute atomic E-state index is 13.3. The van der Waals surface area contributed by atoms with Gasteiger partial charge in [-0.3, -0.25) is 4.98 Å². The van der Waals surface area contributed by atoms with E-state index in [2.05, 4.69) is 10.3 Å². The van der Waals surface area contributed by atoms with Gasteiger partial charge in [0.15, 0.2) is 0 Å². The highest BCUT2D eigenvalue weighted by molar-refractivity contribution is 5.91. The first-order chi connectivity index (χ1) is 11.2. The van der Waals surface area contributed by atoms with E-state index < -0.39 is 0 Å². The molecule has 1 aromatic heterocycles. The monoisotopic (exact) mass is 311 g/mol. The van der Waals surface area contributed by atoms with E-state index in [-0.39, 0.29) is 11.8 Å². The Morgan fingerprint density at radius 1 is 1.17 bits per heavy atom. The SMILES string of the molecule is O=C(Nc1cccc(-c2cncc(F)c2)c1)N1C2CCCC1C2. The number of nitrogens with zero attached hydrogens (tertiary/aromatic N) is 2. The van der Waals surface area contributed by atoms with Gasteiger partial charge in [0, 0.05) is 29.5 Å². The van der Waals surface area contributed by atoms with Crippen LogP contribution in [0.4, 0.5) is 14.9 Å². The Balaban J connectivity index is 1.51. The third-order valence-electron chi connectivity index (χ3n) is 4.79. The van der Waals surface area contributed by atoms with Gasteiger partial charge in [-0.05, 0) is 49.4 Å². The predicted molar refractivity (Wildman–Crippen MR) is 86.5 cm³/mol. The number of benzene rings is 1. The smallest absolute Gasteiger partial charge is 0.318 e. The molecule has 2 aliphatic rings. The number of aromatic nitrogens is 1. The normalized spacial score (nSPS) is 22.4. The van der Waals surface area contributed by atoms with Crippen molar-refractivity contribution < 1.29 is 9.18 Å². The minimum atomic E-state index is -0.370. The molecule has 0 spiro atoms. The van der Waals surface area contributed by atoms with Crippen molar-refractivity contribution in [2.24, 2.45) is 0 Å². The topological polar surface area (TPSA) is 45.2 Å². The zero-order valence-electron chi connectivity index (χ0n) is 12.7. The second kappa shape index (κ2) is 5.65. The lowest BCUT2D eigenvalue weighted by Crippen LogP contribution is -2.62. The van der Waals surface area contributed by atoms with E-state index in [0.717, 1.165) is 30.5 Å². The maximum Gasteiger partial charge on any atom is 0.322 e. The third-order valence-corrected chi connectivity index (χ3v) is 4.79. The Bertz CT molecular complexity index is 735. The van der Waals surface area contributed by atoms with E-state index in [1.54, 1.807) is 6.20 Å². The van der Waals surface area contributed by atoms with E-state index in [1.807, 2.05) is 29.2 Å². The van der Waals surface area contributed by atoms with Crippen molar-refractivity contribution in [3.63, 3.8) is 0 Å². The molecule has 0 radical (unpaired) electrons. The van der Waals surface area contributed by atoms with Crippen LogP contribution in [0.5, 0.6) is 0 Å². The number of halogens is 1. The van der Waals surface area contributed by atoms with Crippen molar-refractivity contribution in [3.8, 4) is 11.1 Å². The molecule has 2 unspecified atom stereocenters. The second-order valence-electron chi connectivity index (χ2n) is 6.28. The number of fused-ring (bicyclic) bond motifs is 2. The fourth-order valence-electron chi connectivity index (χ4n) is 3.67. The lowest BCUT2D eigenvalue weighted by Gasteiger charge is -2.52. The molecule has 5 heteroatoms. The van der Waals surface area contributed by atoms with Crippen LogP contribution >= 0.6 is 0 Å². The van der Waals surface area contributed by atoms with Crippen molar-refractivity contribution in [1.82, 2.24) is 9.88 Å². The minimum absolute atomic E-state index is 0.0273. The number of pyridine rings is 1. The molecule has 2 atom stereocenters. The fourth-order valence-corrected chi connectivity index (χ4v) is 3.67. The molecule has 2 saturated heterocycles. The largest absolute Gasteiger partial charge is 0.322 e. The molecule has 4 nitrogen and oxygen atoms in total. The standard InChI is InChI=1S/C18H18FN3O/c19-14-7-13(10-20-11-14)12-3-1-4-15(8-12)21-18(23)22-16-5-2-6-17(22)9-16/h1,3-4,7-8,10-11,16-17H,2,5-6,9H2,(H,21,23). The molecule has 4 rings (SSSR count). The first-order valence-electron chi connectivity index (χ1n) is 8.01. The van der Waals surface area contributed by atoms with Gasteiger partial charge in [0.2, 0.25) is 0 Å². The van der Waals surface area contributed by atoms with Crippen molar-refractivity contribution in [2.45, 2.75) is 37.8 Å². The van der Waals surface area contributed by atoms with Crippen LogP contribution in [0.25, 0.3) is 11.1 Å². The molecule has 2 aromatic rings. The van der Waals surface area contributed by atoms with Crippen LogP contribution in [-0.4, -0.2) is 28.0 Å². The Morgan fingerprint density at radius 3 is 2.74 bits per heavy atom. The van der Waals surface area contributed by atoms with Crippen LogP contribution in [0.3, 0.4) is 0 Å². The Labute approximate surface area is 134 Å². The summed E-state index contributed by atoms with van der Waals surface area (Å²) in [6.45, 7) is 0. The zero-order chi connectivity index (χ0) is 15.8. The summed E-state index contributed by atoms with van der Waals surface area (Å²) in [5.74, 6) is -0.370. The molecular weight excluding hydrogens is 293 g/mol. The minimum Gasteiger partial charge on any atom is -0.318 e. The summed E-state index contributed by atoms with van der Waals surface area (Å²) >= 11 is 0. The molecule has 2 aliphatic heterocycles. The summed E-state index contributed by atoms with van der Waals surface area (Å²) in [5, 5.41) is 2.97. The number of amides is 2. The van der Waals surface area contributed by atoms with E-state index in [4.69, 9.17) is 0 Å². The number of nitrogens with one attached hydrogen (secondary N) is 1. The van der Waals surface area contributed by atoms with Gasteiger partial charge in [-0.2, -0.15) is 0 Å². The summed E-state index contributed by atoms with van der Waals surface area (Å²) in [7, 11) is 0. The Hall–Kier alpha value is -2.43. The molecule has 3 heterocycles. The second-order valence-corrected chi connectivity index (χ2v) is 6.28. The summed E-state index contributed by atoms with van der Waals surface area (Å²) in [6, 6.07) is 9.66. The summed E-state index contributed by atoms with van der Waals surface area (Å²) in [4.78, 5) is 18.3. The maximum atomic E-state index is 13.3. The van der Waals surface area contributed by atoms with Crippen LogP contribution in [0.1, 0.15) is 25.7 Å². The lowest BCUT2D eigenvalue weighted by atomic mass is 9.80. The zero-order valence-corrected chi connectivity index (χ0v) is 12.7. The van der Waals surface area contributed by atoms with Crippen LogP contribution < -0.4 is 5.32 Å². The molecular formula is C18H18FN3O. The number of hydrogen-bond acceptors (Lipinski definition) is 2. The van der Waals surface area contributed by atoms with Gasteiger partial charge >= 0.3 is 6.03 Å². The van der Waals surface area contributed by atoms with Crippen molar-refractivity contribution >= 4 is 11.7 Å². The number of urea groups is 1. The summed E-state index contributed by atoms with van der Waals surface area (Å²) in [5.41, 5.74) is 2.25. The number of anilines is 1. The van der Waals surface area contributed by atoms with Gasteiger partial charge in [0.1, 0.15) is 5.82 Å². The number of hydrogen-bond donors (Lipinski definition) is 1. The first-order valence-corrected chi connectivity index (χ1v) is 8.01. The van der Waals surface area contributed by atoms with Gasteiger partial charge in [0.05, 0.1) is 6.20 Å². The fraction of sp³-hybridized carbons (Fsp3) is 0.333. The van der Waals surface area contributed by atoms with Gasteiger partial charge in [0.25, 0.3) is 0 Å². The van der Waals surface area contributed by atoms with Gasteiger partial charge in [-0.25, -0.2) is 9.18 Å². The molecule has 0 aliphatic carbocycles. The van der Waals surface area contributed by atoms with Gasteiger partial charge in [-0.1, -0.05) is 12.1 Å². The van der Waals surface area contributed by atoms with E-state index in [0.29, 0.717) is 17.6 Å². The highest BCUT2D eigenvalue weighted by atomic mass is 19.1. The molecule has 1 N–H and O–H groups in total. The van der Waals surface area contributed by atoms with Crippen LogP contribution in [0.2, 0.25) is 0 Å². The van der Waals surface area contributed by atoms with Gasteiger partial charge in [-0.15, -0.1) is 0 Å². The van der Waals surface area contributed by atoms with E-state index in [1.165, 1.54) is 18.7 Å². The van der Waals surface area contributed by atoms with Crippen molar-refractivity contribution in [1.29, 1.82) is 0 Å². The molecule has 2 amide bonds. The number of carbonyl (C=O) groups excluding carboxylic acids is 1. The first kappa shape index (κ1) is 14.2. The average molecular weight is 311 g/mol. The highest BCUT2D eigenvalue weighted by Gasteiger charge is 2.44. The van der Waals surface area contributed by atoms with Gasteiger partial charge < -0.3 is 10.2 Å². The summed E-state index contributed by atoms with van der Waals surface area (Å²) in [6.07, 6.45) is 7.38. The Morgan fingerprint density at radius 2 is 2.00 bits per heavy atom. The number of rotatable bonds is 2. The van der Waals surface area contributed by atoms with E-state index >= 15 is 0 Å². The highest BCUT2D eigenvalue weighted by Crippen LogP contribution is 2.38. The average Bonchev–Trinajstić information content (AvgIpc) is 2.55. The lowest BCUT2D eigenvalue weighted by molar-refractivity contribution is 0.0173. The van der Waals surface area contributed by atoms with Crippen molar-refractivity contribution in [3.05, 3.63) is 48.5 Å². The number of carbonyl (C=O) groups is 1. The number of piperidine rings is 1. The van der Waals surface area contributed by atoms with Crippen LogP contribution in [0, 0.1) is 5.82 Å². The molecule has 2 fully saturated rings. The summed E-state index contributed by atoms with van der Waals surface area (Å²) < 4.78 is 13.3. The Kier molecular flexibility index (Phi) is 3.48. The molecule has 2 bridgehead atoms.